The van der Waals surface area contributed by atoms with Crippen LogP contribution in [0.1, 0.15) is 19.8 Å². The summed E-state index contributed by atoms with van der Waals surface area (Å²) in [6.07, 6.45) is 4.33. The third-order valence-corrected chi connectivity index (χ3v) is 2.68. The monoisotopic (exact) mass is 263 g/mol. The Morgan fingerprint density at radius 3 is 3.11 bits per heavy atom. The molecule has 0 aliphatic heterocycles. The van der Waals surface area contributed by atoms with Gasteiger partial charge >= 0.3 is 5.97 Å². The van der Waals surface area contributed by atoms with E-state index in [1.165, 1.54) is 6.33 Å². The first-order valence-electron chi connectivity index (χ1n) is 6.24. The molecule has 1 N–H and O–H groups in total. The second-order valence-corrected chi connectivity index (χ2v) is 4.06. The number of carbonyl (C=O) groups excluding carboxylic acids is 1. The fraction of sp³-hybridized carbons (Fsp3) is 0.500. The van der Waals surface area contributed by atoms with Crippen molar-refractivity contribution in [2.75, 3.05) is 18.5 Å². The fourth-order valence-electron chi connectivity index (χ4n) is 1.78. The number of aromatic nitrogens is 4. The molecule has 0 bridgehead atoms. The van der Waals surface area contributed by atoms with Crippen LogP contribution < -0.4 is 5.32 Å². The molecule has 0 unspecified atom stereocenters. The maximum Gasteiger partial charge on any atom is 0.305 e. The van der Waals surface area contributed by atoms with Crippen LogP contribution >= 0.6 is 0 Å². The first-order valence-corrected chi connectivity index (χ1v) is 6.24. The predicted molar refractivity (Wildman–Crippen MR) is 70.7 cm³/mol. The number of rotatable bonds is 6. The Bertz CT molecular complexity index is 566. The average Bonchev–Trinajstić information content (AvgIpc) is 2.78. The summed E-state index contributed by atoms with van der Waals surface area (Å²) >= 11 is 0. The second kappa shape index (κ2) is 6.12. The van der Waals surface area contributed by atoms with Gasteiger partial charge in [-0.25, -0.2) is 9.97 Å². The smallest absolute Gasteiger partial charge is 0.305 e. The minimum atomic E-state index is -0.168. The van der Waals surface area contributed by atoms with Crippen LogP contribution in [0.3, 0.4) is 0 Å². The van der Waals surface area contributed by atoms with Crippen molar-refractivity contribution >= 4 is 22.8 Å². The standard InChI is InChI=1S/C12H17N5O2/c1-3-19-10(18)5-4-6-13-11-9-7-16-17(2)12(9)15-8-14-11/h7-8H,3-6H2,1-2H3,(H,13,14,15). The lowest BCUT2D eigenvalue weighted by Crippen LogP contribution is -2.09. The van der Waals surface area contributed by atoms with Crippen molar-refractivity contribution in [3.8, 4) is 0 Å². The molecule has 7 nitrogen and oxygen atoms in total. The zero-order chi connectivity index (χ0) is 13.7. The van der Waals surface area contributed by atoms with Gasteiger partial charge in [-0.05, 0) is 13.3 Å². The molecule has 0 spiro atoms. The van der Waals surface area contributed by atoms with E-state index in [9.17, 15) is 4.79 Å². The van der Waals surface area contributed by atoms with Crippen molar-refractivity contribution in [1.29, 1.82) is 0 Å². The molecule has 0 saturated heterocycles. The maximum absolute atomic E-state index is 11.2. The highest BCUT2D eigenvalue weighted by atomic mass is 16.5. The summed E-state index contributed by atoms with van der Waals surface area (Å²) in [5, 5.41) is 8.20. The number of nitrogens with zero attached hydrogens (tertiary/aromatic N) is 4. The molecule has 0 amide bonds. The van der Waals surface area contributed by atoms with Crippen LogP contribution in [-0.4, -0.2) is 38.9 Å². The molecule has 2 aromatic rings. The number of hydrogen-bond donors (Lipinski definition) is 1. The number of esters is 1. The van der Waals surface area contributed by atoms with Crippen LogP contribution in [0.5, 0.6) is 0 Å². The summed E-state index contributed by atoms with van der Waals surface area (Å²) < 4.78 is 6.56. The Morgan fingerprint density at radius 1 is 1.47 bits per heavy atom. The van der Waals surface area contributed by atoms with Crippen molar-refractivity contribution in [3.63, 3.8) is 0 Å². The van der Waals surface area contributed by atoms with E-state index >= 15 is 0 Å². The molecule has 0 aliphatic rings. The van der Waals surface area contributed by atoms with Gasteiger partial charge in [0.25, 0.3) is 0 Å². The van der Waals surface area contributed by atoms with Crippen molar-refractivity contribution in [3.05, 3.63) is 12.5 Å². The van der Waals surface area contributed by atoms with Gasteiger partial charge in [0, 0.05) is 20.0 Å². The zero-order valence-electron chi connectivity index (χ0n) is 11.1. The molecule has 0 radical (unpaired) electrons. The summed E-state index contributed by atoms with van der Waals surface area (Å²) in [5.74, 6) is 0.570. The fourth-order valence-corrected chi connectivity index (χ4v) is 1.78. The van der Waals surface area contributed by atoms with Crippen LogP contribution in [0.2, 0.25) is 0 Å². The SMILES string of the molecule is CCOC(=O)CCCNc1ncnc2c1cnn2C. The molecule has 0 fully saturated rings. The third-order valence-electron chi connectivity index (χ3n) is 2.68. The number of hydrogen-bond acceptors (Lipinski definition) is 6. The van der Waals surface area contributed by atoms with Crippen LogP contribution in [0.4, 0.5) is 5.82 Å². The number of nitrogens with one attached hydrogen (secondary N) is 1. The highest BCUT2D eigenvalue weighted by Crippen LogP contribution is 2.17. The molecule has 7 heteroatoms. The van der Waals surface area contributed by atoms with Crippen LogP contribution in [-0.2, 0) is 16.6 Å². The van der Waals surface area contributed by atoms with Gasteiger partial charge in [0.1, 0.15) is 12.1 Å². The molecule has 0 aliphatic carbocycles. The Labute approximate surface area is 111 Å². The van der Waals surface area contributed by atoms with E-state index < -0.39 is 0 Å². The first-order chi connectivity index (χ1) is 9.22. The Hall–Kier alpha value is -2.18. The maximum atomic E-state index is 11.2. The lowest BCUT2D eigenvalue weighted by Gasteiger charge is -2.06. The van der Waals surface area contributed by atoms with Gasteiger partial charge in [-0.1, -0.05) is 0 Å². The molecule has 2 heterocycles. The largest absolute Gasteiger partial charge is 0.466 e. The molecule has 0 saturated carbocycles. The Morgan fingerprint density at radius 2 is 2.32 bits per heavy atom. The van der Waals surface area contributed by atoms with Crippen molar-refractivity contribution in [2.24, 2.45) is 7.05 Å². The Balaban J connectivity index is 1.90. The van der Waals surface area contributed by atoms with E-state index in [1.54, 1.807) is 17.8 Å². The van der Waals surface area contributed by atoms with Gasteiger partial charge < -0.3 is 10.1 Å². The predicted octanol–water partition coefficient (Wildman–Crippen LogP) is 1.12. The van der Waals surface area contributed by atoms with E-state index in [-0.39, 0.29) is 5.97 Å². The topological polar surface area (TPSA) is 81.9 Å². The molecule has 0 atom stereocenters. The van der Waals surface area contributed by atoms with Gasteiger partial charge in [-0.2, -0.15) is 5.10 Å². The van der Waals surface area contributed by atoms with Gasteiger partial charge in [-0.3, -0.25) is 9.48 Å². The zero-order valence-corrected chi connectivity index (χ0v) is 11.1. The van der Waals surface area contributed by atoms with E-state index in [0.29, 0.717) is 26.0 Å². The van der Waals surface area contributed by atoms with Gasteiger partial charge in [0.15, 0.2) is 5.65 Å². The van der Waals surface area contributed by atoms with E-state index in [2.05, 4.69) is 20.4 Å². The van der Waals surface area contributed by atoms with Crippen LogP contribution in [0.25, 0.3) is 11.0 Å². The lowest BCUT2D eigenvalue weighted by molar-refractivity contribution is -0.143. The summed E-state index contributed by atoms with van der Waals surface area (Å²) in [6.45, 7) is 2.88. The molecule has 19 heavy (non-hydrogen) atoms. The lowest BCUT2D eigenvalue weighted by atomic mass is 10.3. The van der Waals surface area contributed by atoms with Gasteiger partial charge in [0.2, 0.25) is 0 Å². The molecular formula is C12H17N5O2. The van der Waals surface area contributed by atoms with Crippen LogP contribution in [0.15, 0.2) is 12.5 Å². The number of ether oxygens (including phenoxy) is 1. The third kappa shape index (κ3) is 3.18. The summed E-state index contributed by atoms with van der Waals surface area (Å²) in [5.41, 5.74) is 0.780. The minimum Gasteiger partial charge on any atom is -0.466 e. The normalized spacial score (nSPS) is 10.6. The highest BCUT2D eigenvalue weighted by molar-refractivity contribution is 5.85. The Kier molecular flexibility index (Phi) is 4.27. The molecule has 2 rings (SSSR count). The highest BCUT2D eigenvalue weighted by Gasteiger charge is 2.07. The molecule has 0 aromatic carbocycles. The number of anilines is 1. The quantitative estimate of drug-likeness (QED) is 0.621. The minimum absolute atomic E-state index is 0.168. The van der Waals surface area contributed by atoms with Crippen molar-refractivity contribution in [2.45, 2.75) is 19.8 Å². The van der Waals surface area contributed by atoms with E-state index in [0.717, 1.165) is 16.9 Å². The first kappa shape index (κ1) is 13.3. The summed E-state index contributed by atoms with van der Waals surface area (Å²) in [4.78, 5) is 19.5. The molecule has 2 aromatic heterocycles. The van der Waals surface area contributed by atoms with Crippen molar-refractivity contribution < 1.29 is 9.53 Å². The number of carbonyl (C=O) groups is 1. The molecule has 102 valence electrons. The summed E-state index contributed by atoms with van der Waals surface area (Å²) in [6, 6.07) is 0. The van der Waals surface area contributed by atoms with E-state index in [1.807, 2.05) is 7.05 Å². The van der Waals surface area contributed by atoms with Crippen molar-refractivity contribution in [1.82, 2.24) is 19.7 Å². The average molecular weight is 263 g/mol. The number of fused-ring (bicyclic) bond motifs is 1. The summed E-state index contributed by atoms with van der Waals surface area (Å²) in [7, 11) is 1.83. The van der Waals surface area contributed by atoms with E-state index in [4.69, 9.17) is 4.74 Å². The number of aryl methyl sites for hydroxylation is 1. The second-order valence-electron chi connectivity index (χ2n) is 4.06. The molecular weight excluding hydrogens is 246 g/mol. The van der Waals surface area contributed by atoms with Gasteiger partial charge in [0.05, 0.1) is 18.2 Å². The van der Waals surface area contributed by atoms with Crippen LogP contribution in [0, 0.1) is 0 Å². The van der Waals surface area contributed by atoms with Gasteiger partial charge in [-0.15, -0.1) is 0 Å².